The van der Waals surface area contributed by atoms with Crippen LogP contribution in [0.3, 0.4) is 0 Å². The van der Waals surface area contributed by atoms with E-state index < -0.39 is 0 Å². The van der Waals surface area contributed by atoms with E-state index in [4.69, 9.17) is 12.2 Å². The Balaban J connectivity index is 3.04. The van der Waals surface area contributed by atoms with Gasteiger partial charge in [-0.3, -0.25) is 4.98 Å². The first-order valence-corrected chi connectivity index (χ1v) is 4.30. The number of aromatic nitrogens is 2. The number of fused-ring (bicyclic) bond motifs is 1. The van der Waals surface area contributed by atoms with Crippen LogP contribution >= 0.6 is 12.2 Å². The van der Waals surface area contributed by atoms with Crippen LogP contribution in [0.4, 0.5) is 0 Å². The van der Waals surface area contributed by atoms with Gasteiger partial charge in [-0.05, 0) is 19.1 Å². The predicted octanol–water partition coefficient (Wildman–Crippen LogP) is 1.89. The summed E-state index contributed by atoms with van der Waals surface area (Å²) < 4.78 is 0.488. The molecule has 0 saturated carbocycles. The summed E-state index contributed by atoms with van der Waals surface area (Å²) in [7, 11) is 0. The molecule has 4 heteroatoms. The van der Waals surface area contributed by atoms with Crippen molar-refractivity contribution in [1.82, 2.24) is 9.97 Å². The Morgan fingerprint density at radius 2 is 2.08 bits per heavy atom. The Morgan fingerprint density at radius 1 is 1.31 bits per heavy atom. The van der Waals surface area contributed by atoms with Crippen molar-refractivity contribution in [3.8, 4) is 0 Å². The van der Waals surface area contributed by atoms with Crippen molar-refractivity contribution in [2.24, 2.45) is 0 Å². The van der Waals surface area contributed by atoms with Crippen molar-refractivity contribution in [2.75, 3.05) is 0 Å². The second-order valence-electron chi connectivity index (χ2n) is 2.96. The number of aromatic amines is 2. The molecule has 0 atom stereocenters. The molecule has 0 saturated heterocycles. The van der Waals surface area contributed by atoms with Crippen LogP contribution in [0.2, 0.25) is 0 Å². The molecule has 1 aromatic carbocycles. The quantitative estimate of drug-likeness (QED) is 0.626. The first kappa shape index (κ1) is 8.19. The lowest BCUT2D eigenvalue weighted by atomic mass is 10.2. The molecule has 0 spiro atoms. The zero-order valence-corrected chi connectivity index (χ0v) is 7.87. The van der Waals surface area contributed by atoms with Gasteiger partial charge in [-0.15, -0.1) is 0 Å². The number of benzene rings is 1. The summed E-state index contributed by atoms with van der Waals surface area (Å²) in [5.41, 5.74) is 1.64. The van der Waals surface area contributed by atoms with Crippen LogP contribution in [0.15, 0.2) is 23.0 Å². The van der Waals surface area contributed by atoms with Crippen molar-refractivity contribution in [2.45, 2.75) is 6.92 Å². The number of nitrogens with one attached hydrogen (secondary N) is 2. The monoisotopic (exact) mass is 192 g/mol. The summed E-state index contributed by atoms with van der Waals surface area (Å²) in [6.07, 6.45) is 0. The predicted molar refractivity (Wildman–Crippen MR) is 54.5 cm³/mol. The lowest BCUT2D eigenvalue weighted by molar-refractivity contribution is 1.11. The molecule has 0 aliphatic rings. The molecule has 2 rings (SSSR count). The summed E-state index contributed by atoms with van der Waals surface area (Å²) >= 11 is 5.03. The highest BCUT2D eigenvalue weighted by Gasteiger charge is 1.96. The van der Waals surface area contributed by atoms with Crippen LogP contribution in [0.5, 0.6) is 0 Å². The van der Waals surface area contributed by atoms with Gasteiger partial charge in [-0.25, -0.2) is 4.79 Å². The van der Waals surface area contributed by atoms with Crippen molar-refractivity contribution >= 4 is 23.1 Å². The van der Waals surface area contributed by atoms with E-state index in [-0.39, 0.29) is 5.69 Å². The summed E-state index contributed by atoms with van der Waals surface area (Å²) in [5.74, 6) is 0. The Kier molecular flexibility index (Phi) is 1.77. The molecule has 3 nitrogen and oxygen atoms in total. The number of rotatable bonds is 0. The van der Waals surface area contributed by atoms with Gasteiger partial charge < -0.3 is 4.98 Å². The molecule has 66 valence electrons. The Morgan fingerprint density at radius 3 is 2.85 bits per heavy atom. The lowest BCUT2D eigenvalue weighted by Gasteiger charge is -1.98. The minimum absolute atomic E-state index is 0.263. The summed E-state index contributed by atoms with van der Waals surface area (Å²) in [6, 6.07) is 5.74. The van der Waals surface area contributed by atoms with Crippen molar-refractivity contribution in [3.63, 3.8) is 0 Å². The van der Waals surface area contributed by atoms with Gasteiger partial charge in [0, 0.05) is 5.39 Å². The van der Waals surface area contributed by atoms with Crippen molar-refractivity contribution in [3.05, 3.63) is 38.9 Å². The standard InChI is InChI=1S/C9H8N2OS/c1-5-2-3-7-6(4-5)8(13)11-9(12)10-7/h2-4H,1H3,(H2,10,11,12,13). The van der Waals surface area contributed by atoms with E-state index in [9.17, 15) is 4.79 Å². The topological polar surface area (TPSA) is 48.6 Å². The molecule has 1 heterocycles. The van der Waals surface area contributed by atoms with E-state index in [1.54, 1.807) is 0 Å². The first-order valence-electron chi connectivity index (χ1n) is 3.90. The highest BCUT2D eigenvalue weighted by Crippen LogP contribution is 2.11. The molecule has 2 aromatic rings. The van der Waals surface area contributed by atoms with Crippen LogP contribution in [0, 0.1) is 11.6 Å². The third-order valence-electron chi connectivity index (χ3n) is 1.89. The van der Waals surface area contributed by atoms with Crippen LogP contribution < -0.4 is 5.69 Å². The second-order valence-corrected chi connectivity index (χ2v) is 3.37. The van der Waals surface area contributed by atoms with E-state index in [2.05, 4.69) is 9.97 Å². The maximum absolute atomic E-state index is 11.0. The van der Waals surface area contributed by atoms with Gasteiger partial charge in [-0.1, -0.05) is 23.8 Å². The molecule has 1 aromatic heterocycles. The average Bonchev–Trinajstić information content (AvgIpc) is 2.06. The third-order valence-corrected chi connectivity index (χ3v) is 2.22. The smallest absolute Gasteiger partial charge is 0.307 e. The number of hydrogen-bond donors (Lipinski definition) is 2. The SMILES string of the molecule is Cc1ccc2[nH]c(=O)[nH]c(=S)c2c1. The number of H-pyrrole nitrogens is 2. The van der Waals surface area contributed by atoms with E-state index in [1.165, 1.54) is 0 Å². The van der Waals surface area contributed by atoms with Crippen LogP contribution in [0.1, 0.15) is 5.56 Å². The minimum atomic E-state index is -0.263. The zero-order valence-electron chi connectivity index (χ0n) is 7.05. The van der Waals surface area contributed by atoms with Gasteiger partial charge in [-0.2, -0.15) is 0 Å². The van der Waals surface area contributed by atoms with Gasteiger partial charge in [0.05, 0.1) is 5.52 Å². The fourth-order valence-electron chi connectivity index (χ4n) is 1.28. The normalized spacial score (nSPS) is 10.5. The highest BCUT2D eigenvalue weighted by molar-refractivity contribution is 7.71. The molecule has 0 amide bonds. The van der Waals surface area contributed by atoms with E-state index in [1.807, 2.05) is 25.1 Å². The molecule has 0 aliphatic carbocycles. The Hall–Kier alpha value is -1.42. The highest BCUT2D eigenvalue weighted by atomic mass is 32.1. The number of aryl methyl sites for hydroxylation is 1. The molecule has 0 aliphatic heterocycles. The molecule has 0 fully saturated rings. The van der Waals surface area contributed by atoms with Gasteiger partial charge in [0.25, 0.3) is 0 Å². The zero-order chi connectivity index (χ0) is 9.42. The minimum Gasteiger partial charge on any atom is -0.307 e. The van der Waals surface area contributed by atoms with Crippen molar-refractivity contribution in [1.29, 1.82) is 0 Å². The summed E-state index contributed by atoms with van der Waals surface area (Å²) in [4.78, 5) is 16.2. The third kappa shape index (κ3) is 1.40. The molecular weight excluding hydrogens is 184 g/mol. The molecule has 13 heavy (non-hydrogen) atoms. The van der Waals surface area contributed by atoms with E-state index in [0.717, 1.165) is 16.5 Å². The summed E-state index contributed by atoms with van der Waals surface area (Å²) in [6.45, 7) is 1.99. The summed E-state index contributed by atoms with van der Waals surface area (Å²) in [5, 5.41) is 0.884. The first-order chi connectivity index (χ1) is 6.16. The molecule has 0 unspecified atom stereocenters. The molecule has 0 bridgehead atoms. The van der Waals surface area contributed by atoms with Crippen LogP contribution in [-0.2, 0) is 0 Å². The maximum atomic E-state index is 11.0. The van der Waals surface area contributed by atoms with Gasteiger partial charge in [0.1, 0.15) is 4.64 Å². The molecule has 2 N–H and O–H groups in total. The van der Waals surface area contributed by atoms with E-state index >= 15 is 0 Å². The lowest BCUT2D eigenvalue weighted by Crippen LogP contribution is -2.09. The van der Waals surface area contributed by atoms with Gasteiger partial charge in [0.2, 0.25) is 0 Å². The Labute approximate surface area is 79.4 Å². The average molecular weight is 192 g/mol. The van der Waals surface area contributed by atoms with Crippen LogP contribution in [-0.4, -0.2) is 9.97 Å². The van der Waals surface area contributed by atoms with Crippen molar-refractivity contribution < 1.29 is 0 Å². The fourth-order valence-corrected chi connectivity index (χ4v) is 1.54. The fraction of sp³-hybridized carbons (Fsp3) is 0.111. The van der Waals surface area contributed by atoms with Crippen LogP contribution in [0.25, 0.3) is 10.9 Å². The second kappa shape index (κ2) is 2.81. The molecular formula is C9H8N2OS. The number of hydrogen-bond acceptors (Lipinski definition) is 2. The van der Waals surface area contributed by atoms with Gasteiger partial charge >= 0.3 is 5.69 Å². The Bertz CT molecular complexity index is 568. The maximum Gasteiger partial charge on any atom is 0.324 e. The van der Waals surface area contributed by atoms with Gasteiger partial charge in [0.15, 0.2) is 0 Å². The largest absolute Gasteiger partial charge is 0.324 e. The molecule has 0 radical (unpaired) electrons. The van der Waals surface area contributed by atoms with E-state index in [0.29, 0.717) is 4.64 Å².